The largest absolute Gasteiger partial charge is 0.358 e. The van der Waals surface area contributed by atoms with Gasteiger partial charge in [-0.3, -0.25) is 0 Å². The second-order valence-electron chi connectivity index (χ2n) is 6.77. The number of hydrogen-bond acceptors (Lipinski definition) is 4. The highest BCUT2D eigenvalue weighted by molar-refractivity contribution is 5.75. The zero-order valence-electron chi connectivity index (χ0n) is 16.3. The van der Waals surface area contributed by atoms with Crippen LogP contribution in [0.25, 0.3) is 0 Å². The lowest BCUT2D eigenvalue weighted by Gasteiger charge is -2.16. The van der Waals surface area contributed by atoms with Gasteiger partial charge < -0.3 is 0 Å². The van der Waals surface area contributed by atoms with Crippen LogP contribution in [-0.4, -0.2) is 11.9 Å². The first-order chi connectivity index (χ1) is 11.6. The third-order valence-corrected chi connectivity index (χ3v) is 4.46. The molecule has 4 nitrogen and oxygen atoms in total. The van der Waals surface area contributed by atoms with Crippen molar-refractivity contribution in [3.05, 3.63) is 0 Å². The van der Waals surface area contributed by atoms with E-state index in [4.69, 9.17) is 9.78 Å². The van der Waals surface area contributed by atoms with Gasteiger partial charge >= 0.3 is 11.9 Å². The van der Waals surface area contributed by atoms with Crippen LogP contribution < -0.4 is 0 Å². The molecule has 0 aliphatic rings. The molecule has 0 aromatic carbocycles. The van der Waals surface area contributed by atoms with Crippen LogP contribution in [0.5, 0.6) is 0 Å². The Bertz CT molecular complexity index is 296. The summed E-state index contributed by atoms with van der Waals surface area (Å²) in [6.07, 6.45) is 11.6. The fourth-order valence-corrected chi connectivity index (χ4v) is 2.96. The maximum Gasteiger partial charge on any atom is 0.358 e. The third kappa shape index (κ3) is 10.7. The van der Waals surface area contributed by atoms with Gasteiger partial charge in [0.1, 0.15) is 0 Å². The van der Waals surface area contributed by atoms with E-state index in [9.17, 15) is 9.59 Å². The fraction of sp³-hybridized carbons (Fsp3) is 0.900. The van der Waals surface area contributed by atoms with E-state index in [2.05, 4.69) is 27.7 Å². The minimum Gasteiger partial charge on any atom is -0.247 e. The molecule has 24 heavy (non-hydrogen) atoms. The van der Waals surface area contributed by atoms with Crippen molar-refractivity contribution in [2.75, 3.05) is 0 Å². The molecule has 0 radical (unpaired) electrons. The number of carbonyl (C=O) groups is 2. The lowest BCUT2D eigenvalue weighted by atomic mass is 9.96. The Kier molecular flexibility index (Phi) is 14.8. The van der Waals surface area contributed by atoms with Crippen LogP contribution in [0.15, 0.2) is 0 Å². The van der Waals surface area contributed by atoms with Crippen LogP contribution >= 0.6 is 0 Å². The van der Waals surface area contributed by atoms with Gasteiger partial charge in [0, 0.05) is 0 Å². The van der Waals surface area contributed by atoms with E-state index in [1.807, 2.05) is 0 Å². The first-order valence-corrected chi connectivity index (χ1v) is 10.0. The normalized spacial score (nSPS) is 13.3. The number of rotatable bonds is 14. The molecule has 0 bridgehead atoms. The highest BCUT2D eigenvalue weighted by Gasteiger charge is 2.25. The van der Waals surface area contributed by atoms with Crippen molar-refractivity contribution in [3.8, 4) is 0 Å². The van der Waals surface area contributed by atoms with Crippen molar-refractivity contribution in [2.24, 2.45) is 11.8 Å². The van der Waals surface area contributed by atoms with E-state index in [1.54, 1.807) is 0 Å². The van der Waals surface area contributed by atoms with Crippen molar-refractivity contribution in [3.63, 3.8) is 0 Å². The summed E-state index contributed by atoms with van der Waals surface area (Å²) >= 11 is 0. The molecule has 2 atom stereocenters. The summed E-state index contributed by atoms with van der Waals surface area (Å²) in [5, 5.41) is 0. The van der Waals surface area contributed by atoms with E-state index >= 15 is 0 Å². The molecule has 2 unspecified atom stereocenters. The minimum absolute atomic E-state index is 0.154. The van der Waals surface area contributed by atoms with Gasteiger partial charge in [0.2, 0.25) is 0 Å². The van der Waals surface area contributed by atoms with E-state index in [0.717, 1.165) is 77.0 Å². The highest BCUT2D eigenvalue weighted by Crippen LogP contribution is 2.20. The van der Waals surface area contributed by atoms with Crippen molar-refractivity contribution >= 4 is 11.9 Å². The van der Waals surface area contributed by atoms with E-state index in [1.165, 1.54) is 0 Å². The van der Waals surface area contributed by atoms with Gasteiger partial charge in [0.05, 0.1) is 11.8 Å². The van der Waals surface area contributed by atoms with Crippen LogP contribution in [0.1, 0.15) is 105 Å². The number of hydrogen-bond donors (Lipinski definition) is 0. The van der Waals surface area contributed by atoms with E-state index < -0.39 is 0 Å². The first kappa shape index (κ1) is 22.9. The average Bonchev–Trinajstić information content (AvgIpc) is 2.58. The van der Waals surface area contributed by atoms with Gasteiger partial charge in [-0.25, -0.2) is 19.4 Å². The molecule has 142 valence electrons. The van der Waals surface area contributed by atoms with Crippen molar-refractivity contribution < 1.29 is 19.4 Å². The molecule has 0 saturated heterocycles. The lowest BCUT2D eigenvalue weighted by molar-refractivity contribution is -0.266. The van der Waals surface area contributed by atoms with Crippen molar-refractivity contribution in [1.29, 1.82) is 0 Å². The second kappa shape index (κ2) is 15.5. The Balaban J connectivity index is 4.35. The molecule has 0 aromatic heterocycles. The molecular weight excluding hydrogens is 304 g/mol. The Morgan fingerprint density at radius 2 is 0.958 bits per heavy atom. The Hall–Kier alpha value is -1.06. The summed E-state index contributed by atoms with van der Waals surface area (Å²) in [6, 6.07) is 0. The smallest absolute Gasteiger partial charge is 0.247 e. The van der Waals surface area contributed by atoms with Gasteiger partial charge in [-0.1, -0.05) is 79.1 Å². The van der Waals surface area contributed by atoms with Gasteiger partial charge in [-0.2, -0.15) is 0 Å². The van der Waals surface area contributed by atoms with E-state index in [0.29, 0.717) is 0 Å². The molecule has 0 saturated carbocycles. The molecule has 0 amide bonds. The van der Waals surface area contributed by atoms with Crippen LogP contribution in [0.2, 0.25) is 0 Å². The molecule has 0 fully saturated rings. The minimum atomic E-state index is -0.384. The quantitative estimate of drug-likeness (QED) is 0.221. The van der Waals surface area contributed by atoms with Crippen LogP contribution in [0.3, 0.4) is 0 Å². The maximum atomic E-state index is 12.2. The van der Waals surface area contributed by atoms with Gasteiger partial charge in [0.15, 0.2) is 0 Å². The van der Waals surface area contributed by atoms with Gasteiger partial charge in [0.25, 0.3) is 0 Å². The zero-order chi connectivity index (χ0) is 18.2. The standard InChI is InChI=1S/C20H38O4/c1-5-9-11-15-17(13-7-3)19(21)23-24-20(22)18(14-8-4)16-12-10-6-2/h17-18H,5-16H2,1-4H3. The SMILES string of the molecule is CCCCCC(CCC)C(=O)OOC(=O)C(CCC)CCCCC. The molecule has 4 heteroatoms. The molecule has 0 spiro atoms. The molecular formula is C20H38O4. The average molecular weight is 343 g/mol. The maximum absolute atomic E-state index is 12.2. The Morgan fingerprint density at radius 1 is 0.583 bits per heavy atom. The Labute approximate surface area is 148 Å². The van der Waals surface area contributed by atoms with Crippen molar-refractivity contribution in [2.45, 2.75) is 105 Å². The lowest BCUT2D eigenvalue weighted by Crippen LogP contribution is -2.24. The number of unbranched alkanes of at least 4 members (excludes halogenated alkanes) is 4. The first-order valence-electron chi connectivity index (χ1n) is 10.0. The highest BCUT2D eigenvalue weighted by atomic mass is 17.2. The summed E-state index contributed by atoms with van der Waals surface area (Å²) < 4.78 is 0. The predicted molar refractivity (Wildman–Crippen MR) is 97.3 cm³/mol. The molecule has 0 heterocycles. The predicted octanol–water partition coefficient (Wildman–Crippen LogP) is 5.98. The molecule has 0 aromatic rings. The fourth-order valence-electron chi connectivity index (χ4n) is 2.96. The second-order valence-corrected chi connectivity index (χ2v) is 6.77. The molecule has 0 rings (SSSR count). The summed E-state index contributed by atoms with van der Waals surface area (Å²) in [7, 11) is 0. The third-order valence-electron chi connectivity index (χ3n) is 4.46. The molecule has 0 aliphatic carbocycles. The van der Waals surface area contributed by atoms with Crippen molar-refractivity contribution in [1.82, 2.24) is 0 Å². The zero-order valence-corrected chi connectivity index (χ0v) is 16.3. The Morgan fingerprint density at radius 3 is 1.25 bits per heavy atom. The van der Waals surface area contributed by atoms with Crippen LogP contribution in [0, 0.1) is 11.8 Å². The monoisotopic (exact) mass is 342 g/mol. The summed E-state index contributed by atoms with van der Waals surface area (Å²) in [4.78, 5) is 34.1. The summed E-state index contributed by atoms with van der Waals surface area (Å²) in [5.74, 6) is -1.08. The summed E-state index contributed by atoms with van der Waals surface area (Å²) in [5.41, 5.74) is 0. The van der Waals surface area contributed by atoms with E-state index in [-0.39, 0.29) is 23.8 Å². The number of carbonyl (C=O) groups excluding carboxylic acids is 2. The topological polar surface area (TPSA) is 52.6 Å². The van der Waals surface area contributed by atoms with Crippen LogP contribution in [0.4, 0.5) is 0 Å². The molecule has 0 aliphatic heterocycles. The van der Waals surface area contributed by atoms with Gasteiger partial charge in [-0.05, 0) is 25.7 Å². The molecule has 0 N–H and O–H groups in total. The summed E-state index contributed by atoms with van der Waals surface area (Å²) in [6.45, 7) is 8.39. The van der Waals surface area contributed by atoms with Gasteiger partial charge in [-0.15, -0.1) is 0 Å². The van der Waals surface area contributed by atoms with Crippen LogP contribution in [-0.2, 0) is 19.4 Å².